The predicted octanol–water partition coefficient (Wildman–Crippen LogP) is 2.75. The third kappa shape index (κ3) is 4.99. The maximum absolute atomic E-state index is 13.4. The van der Waals surface area contributed by atoms with Crippen LogP contribution in [0, 0.1) is 5.82 Å². The van der Waals surface area contributed by atoms with Gasteiger partial charge in [0.15, 0.2) is 16.3 Å². The SMILES string of the molecule is CCOc1ccccc1NC(=O)CSc1nc2c(c(=O)n(C)c(=O)n2C)n1Cc1ccc(F)cc1. The van der Waals surface area contributed by atoms with E-state index in [1.54, 1.807) is 34.9 Å². The van der Waals surface area contributed by atoms with Crippen LogP contribution in [0.15, 0.2) is 63.3 Å². The lowest BCUT2D eigenvalue weighted by Gasteiger charge is -2.12. The number of imidazole rings is 1. The van der Waals surface area contributed by atoms with E-state index in [2.05, 4.69) is 10.3 Å². The van der Waals surface area contributed by atoms with E-state index in [1.807, 2.05) is 13.0 Å². The van der Waals surface area contributed by atoms with Crippen LogP contribution in [0.4, 0.5) is 10.1 Å². The summed E-state index contributed by atoms with van der Waals surface area (Å²) in [5, 5.41) is 3.22. The second-order valence-electron chi connectivity index (χ2n) is 7.75. The molecule has 0 saturated carbocycles. The van der Waals surface area contributed by atoms with E-state index < -0.39 is 11.2 Å². The van der Waals surface area contributed by atoms with Gasteiger partial charge in [0, 0.05) is 14.1 Å². The van der Waals surface area contributed by atoms with Crippen LogP contribution in [0.2, 0.25) is 0 Å². The van der Waals surface area contributed by atoms with Crippen molar-refractivity contribution in [1.29, 1.82) is 0 Å². The van der Waals surface area contributed by atoms with Gasteiger partial charge in [-0.2, -0.15) is 0 Å². The number of rotatable bonds is 8. The fourth-order valence-electron chi connectivity index (χ4n) is 3.62. The lowest BCUT2D eigenvalue weighted by Crippen LogP contribution is -2.37. The largest absolute Gasteiger partial charge is 0.492 e. The number of aromatic nitrogens is 4. The summed E-state index contributed by atoms with van der Waals surface area (Å²) in [5.41, 5.74) is 0.721. The molecule has 1 amide bonds. The van der Waals surface area contributed by atoms with Crippen molar-refractivity contribution in [2.24, 2.45) is 14.1 Å². The molecule has 0 fully saturated rings. The van der Waals surface area contributed by atoms with E-state index in [0.717, 1.165) is 21.9 Å². The molecular formula is C24H24FN5O4S. The zero-order valence-corrected chi connectivity index (χ0v) is 20.3. The van der Waals surface area contributed by atoms with Gasteiger partial charge in [-0.1, -0.05) is 36.0 Å². The molecule has 4 rings (SSSR count). The van der Waals surface area contributed by atoms with Gasteiger partial charge in [-0.3, -0.25) is 18.7 Å². The molecule has 0 aliphatic rings. The molecule has 2 heterocycles. The molecule has 1 N–H and O–H groups in total. The number of nitrogens with one attached hydrogen (secondary N) is 1. The fourth-order valence-corrected chi connectivity index (χ4v) is 4.42. The molecular weight excluding hydrogens is 473 g/mol. The average Bonchev–Trinajstić information content (AvgIpc) is 3.21. The minimum absolute atomic E-state index is 0.00145. The molecule has 0 aliphatic carbocycles. The van der Waals surface area contributed by atoms with E-state index in [4.69, 9.17) is 4.74 Å². The van der Waals surface area contributed by atoms with Crippen molar-refractivity contribution < 1.29 is 13.9 Å². The zero-order chi connectivity index (χ0) is 25.1. The smallest absolute Gasteiger partial charge is 0.332 e. The Hall–Kier alpha value is -3.86. The van der Waals surface area contributed by atoms with Gasteiger partial charge in [0.05, 0.1) is 24.6 Å². The minimum atomic E-state index is -0.504. The number of amides is 1. The Bertz CT molecular complexity index is 1510. The molecule has 9 nitrogen and oxygen atoms in total. The monoisotopic (exact) mass is 497 g/mol. The van der Waals surface area contributed by atoms with Crippen LogP contribution in [-0.2, 0) is 25.4 Å². The molecule has 0 aliphatic heterocycles. The first-order valence-corrected chi connectivity index (χ1v) is 11.8. The van der Waals surface area contributed by atoms with Crippen molar-refractivity contribution in [1.82, 2.24) is 18.7 Å². The molecule has 4 aromatic rings. The molecule has 2 aromatic carbocycles. The van der Waals surface area contributed by atoms with Crippen LogP contribution in [0.3, 0.4) is 0 Å². The highest BCUT2D eigenvalue weighted by Gasteiger charge is 2.20. The van der Waals surface area contributed by atoms with Gasteiger partial charge in [-0.15, -0.1) is 0 Å². The Morgan fingerprint density at radius 2 is 1.80 bits per heavy atom. The van der Waals surface area contributed by atoms with Crippen LogP contribution in [-0.4, -0.2) is 37.0 Å². The Balaban J connectivity index is 1.67. The van der Waals surface area contributed by atoms with Crippen molar-refractivity contribution >= 4 is 34.5 Å². The average molecular weight is 498 g/mol. The first kappa shape index (κ1) is 24.3. The number of carbonyl (C=O) groups excluding carboxylic acids is 1. The van der Waals surface area contributed by atoms with Crippen LogP contribution in [0.25, 0.3) is 11.2 Å². The van der Waals surface area contributed by atoms with E-state index in [1.165, 1.54) is 30.8 Å². The number of carbonyl (C=O) groups is 1. The Labute approximate surface area is 204 Å². The first-order valence-electron chi connectivity index (χ1n) is 10.8. The van der Waals surface area contributed by atoms with Crippen molar-refractivity contribution in [3.8, 4) is 5.75 Å². The topological polar surface area (TPSA) is 100 Å². The van der Waals surface area contributed by atoms with Gasteiger partial charge in [-0.25, -0.2) is 14.2 Å². The number of thioether (sulfide) groups is 1. The number of ether oxygens (including phenoxy) is 1. The number of nitrogens with zero attached hydrogens (tertiary/aromatic N) is 4. The summed E-state index contributed by atoms with van der Waals surface area (Å²) in [4.78, 5) is 42.6. The second-order valence-corrected chi connectivity index (χ2v) is 8.69. The van der Waals surface area contributed by atoms with E-state index in [0.29, 0.717) is 23.2 Å². The maximum Gasteiger partial charge on any atom is 0.332 e. The van der Waals surface area contributed by atoms with Gasteiger partial charge in [0.1, 0.15) is 11.6 Å². The molecule has 0 radical (unpaired) electrons. The summed E-state index contributed by atoms with van der Waals surface area (Å²) in [5.74, 6) is -0.0950. The molecule has 0 bridgehead atoms. The van der Waals surface area contributed by atoms with Gasteiger partial charge in [0.25, 0.3) is 5.56 Å². The van der Waals surface area contributed by atoms with Crippen molar-refractivity contribution in [2.75, 3.05) is 17.7 Å². The van der Waals surface area contributed by atoms with E-state index >= 15 is 0 Å². The standard InChI is InChI=1S/C24H24FN5O4S/c1-4-34-18-8-6-5-7-17(18)26-19(31)14-35-23-27-21-20(22(32)29(3)24(33)28(21)2)30(23)13-15-9-11-16(25)12-10-15/h5-12H,4,13-14H2,1-3H3,(H,26,31). The van der Waals surface area contributed by atoms with Crippen LogP contribution < -0.4 is 21.3 Å². The number of para-hydroxylation sites is 2. The van der Waals surface area contributed by atoms with Gasteiger partial charge in [-0.05, 0) is 36.8 Å². The van der Waals surface area contributed by atoms with Crippen LogP contribution >= 0.6 is 11.8 Å². The maximum atomic E-state index is 13.4. The van der Waals surface area contributed by atoms with E-state index in [-0.39, 0.29) is 35.2 Å². The highest BCUT2D eigenvalue weighted by atomic mass is 32.2. The Morgan fingerprint density at radius 1 is 1.09 bits per heavy atom. The fraction of sp³-hybridized carbons (Fsp3) is 0.250. The highest BCUT2D eigenvalue weighted by molar-refractivity contribution is 7.99. The number of halogens is 1. The first-order chi connectivity index (χ1) is 16.8. The number of fused-ring (bicyclic) bond motifs is 1. The van der Waals surface area contributed by atoms with Gasteiger partial charge < -0.3 is 14.6 Å². The van der Waals surface area contributed by atoms with Crippen LogP contribution in [0.1, 0.15) is 12.5 Å². The number of hydrogen-bond acceptors (Lipinski definition) is 6. The quantitative estimate of drug-likeness (QED) is 0.376. The minimum Gasteiger partial charge on any atom is -0.492 e. The molecule has 0 unspecified atom stereocenters. The summed E-state index contributed by atoms with van der Waals surface area (Å²) >= 11 is 1.13. The third-order valence-corrected chi connectivity index (χ3v) is 6.34. The van der Waals surface area contributed by atoms with Gasteiger partial charge in [0.2, 0.25) is 5.91 Å². The van der Waals surface area contributed by atoms with Crippen molar-refractivity contribution in [2.45, 2.75) is 18.6 Å². The van der Waals surface area contributed by atoms with Crippen molar-refractivity contribution in [3.05, 3.63) is 80.7 Å². The van der Waals surface area contributed by atoms with Crippen LogP contribution in [0.5, 0.6) is 5.75 Å². The molecule has 11 heteroatoms. The molecule has 0 spiro atoms. The molecule has 0 atom stereocenters. The second kappa shape index (κ2) is 10.2. The third-order valence-electron chi connectivity index (χ3n) is 5.36. The number of anilines is 1. The number of benzene rings is 2. The molecule has 35 heavy (non-hydrogen) atoms. The van der Waals surface area contributed by atoms with Gasteiger partial charge >= 0.3 is 5.69 Å². The molecule has 0 saturated heterocycles. The normalized spacial score (nSPS) is 11.1. The number of hydrogen-bond donors (Lipinski definition) is 1. The van der Waals surface area contributed by atoms with Crippen molar-refractivity contribution in [3.63, 3.8) is 0 Å². The zero-order valence-electron chi connectivity index (χ0n) is 19.4. The Kier molecular flexibility index (Phi) is 7.06. The predicted molar refractivity (Wildman–Crippen MR) is 133 cm³/mol. The lowest BCUT2D eigenvalue weighted by atomic mass is 10.2. The summed E-state index contributed by atoms with van der Waals surface area (Å²) < 4.78 is 22.9. The summed E-state index contributed by atoms with van der Waals surface area (Å²) in [6.07, 6.45) is 0. The summed E-state index contributed by atoms with van der Waals surface area (Å²) in [6, 6.07) is 13.0. The highest BCUT2D eigenvalue weighted by Crippen LogP contribution is 2.26. The number of aryl methyl sites for hydroxylation is 1. The molecule has 182 valence electrons. The molecule has 2 aromatic heterocycles. The summed E-state index contributed by atoms with van der Waals surface area (Å²) in [6.45, 7) is 2.53. The lowest BCUT2D eigenvalue weighted by molar-refractivity contribution is -0.113. The summed E-state index contributed by atoms with van der Waals surface area (Å²) in [7, 11) is 2.93. The Morgan fingerprint density at radius 3 is 2.51 bits per heavy atom. The van der Waals surface area contributed by atoms with E-state index in [9.17, 15) is 18.8 Å².